The molecule has 2 saturated heterocycles. The van der Waals surface area contributed by atoms with Crippen LogP contribution in [0.25, 0.3) is 0 Å². The molecule has 0 spiro atoms. The standard InChI is InChI=1S/C22H31N3O8S/c1-22(2,3)33-20(27)24-11-9-23(10-12-24)19(26)18-13-17(34(29,30)31)14-25(18)21(28)32-15-16-7-5-4-6-8-16/h4-8,17-18H,9-15H2,1-3H3,(H,29,30,31)/t17-,18-/m0/s1. The summed E-state index contributed by atoms with van der Waals surface area (Å²) in [7, 11) is -4.46. The van der Waals surface area contributed by atoms with Crippen molar-refractivity contribution in [3.8, 4) is 0 Å². The van der Waals surface area contributed by atoms with Gasteiger partial charge in [0.2, 0.25) is 5.91 Å². The summed E-state index contributed by atoms with van der Waals surface area (Å²) in [4.78, 5) is 42.3. The Bertz CT molecular complexity index is 1000. The lowest BCUT2D eigenvalue weighted by molar-refractivity contribution is -0.137. The number of hydrogen-bond acceptors (Lipinski definition) is 7. The van der Waals surface area contributed by atoms with E-state index in [0.29, 0.717) is 0 Å². The Morgan fingerprint density at radius 1 is 1.00 bits per heavy atom. The molecule has 3 amide bonds. The molecule has 12 heteroatoms. The highest BCUT2D eigenvalue weighted by Gasteiger charge is 2.47. The van der Waals surface area contributed by atoms with Crippen LogP contribution in [0, 0.1) is 0 Å². The molecule has 34 heavy (non-hydrogen) atoms. The molecule has 2 fully saturated rings. The van der Waals surface area contributed by atoms with E-state index in [0.717, 1.165) is 10.5 Å². The van der Waals surface area contributed by atoms with Crippen molar-refractivity contribution in [2.75, 3.05) is 32.7 Å². The van der Waals surface area contributed by atoms with Gasteiger partial charge in [0.15, 0.2) is 0 Å². The number of carbonyl (C=O) groups is 3. The highest BCUT2D eigenvalue weighted by Crippen LogP contribution is 2.26. The van der Waals surface area contributed by atoms with Gasteiger partial charge < -0.3 is 19.3 Å². The van der Waals surface area contributed by atoms with Crippen molar-refractivity contribution in [2.24, 2.45) is 0 Å². The number of amides is 3. The second kappa shape index (κ2) is 10.2. The first kappa shape index (κ1) is 25.8. The largest absolute Gasteiger partial charge is 0.445 e. The predicted octanol–water partition coefficient (Wildman–Crippen LogP) is 1.73. The molecular weight excluding hydrogens is 466 g/mol. The molecule has 2 atom stereocenters. The van der Waals surface area contributed by atoms with Gasteiger partial charge in [-0.25, -0.2) is 9.59 Å². The fourth-order valence-corrected chi connectivity index (χ4v) is 4.67. The summed E-state index contributed by atoms with van der Waals surface area (Å²) < 4.78 is 43.7. The smallest absolute Gasteiger partial charge is 0.410 e. The molecule has 0 saturated carbocycles. The molecule has 2 aliphatic heterocycles. The number of piperazine rings is 1. The summed E-state index contributed by atoms with van der Waals surface area (Å²) in [6.07, 6.45) is -1.54. The minimum atomic E-state index is -4.46. The Morgan fingerprint density at radius 2 is 1.59 bits per heavy atom. The normalized spacial score (nSPS) is 21.4. The third-order valence-electron chi connectivity index (χ3n) is 5.65. The third-order valence-corrected chi connectivity index (χ3v) is 6.84. The van der Waals surface area contributed by atoms with E-state index in [1.807, 2.05) is 6.07 Å². The number of carbonyl (C=O) groups excluding carboxylic acids is 3. The first-order valence-corrected chi connectivity index (χ1v) is 12.6. The lowest BCUT2D eigenvalue weighted by Crippen LogP contribution is -2.55. The van der Waals surface area contributed by atoms with Crippen molar-refractivity contribution >= 4 is 28.2 Å². The average molecular weight is 498 g/mol. The van der Waals surface area contributed by atoms with Crippen molar-refractivity contribution < 1.29 is 36.8 Å². The van der Waals surface area contributed by atoms with Gasteiger partial charge in [0, 0.05) is 32.7 Å². The van der Waals surface area contributed by atoms with Gasteiger partial charge >= 0.3 is 12.2 Å². The van der Waals surface area contributed by atoms with Crippen molar-refractivity contribution in [2.45, 2.75) is 50.7 Å². The van der Waals surface area contributed by atoms with Crippen LogP contribution in [-0.4, -0.2) is 95.4 Å². The monoisotopic (exact) mass is 497 g/mol. The molecule has 2 heterocycles. The number of hydrogen-bond donors (Lipinski definition) is 1. The minimum Gasteiger partial charge on any atom is -0.445 e. The van der Waals surface area contributed by atoms with Gasteiger partial charge in [-0.3, -0.25) is 14.2 Å². The van der Waals surface area contributed by atoms with Crippen LogP contribution in [-0.2, 0) is 31.0 Å². The summed E-state index contributed by atoms with van der Waals surface area (Å²) in [6.45, 7) is 5.81. The SMILES string of the molecule is CC(C)(C)OC(=O)N1CCN(C(=O)[C@@H]2C[C@H](S(=O)(=O)O)CN2C(=O)OCc2ccccc2)CC1. The molecule has 0 aliphatic carbocycles. The quantitative estimate of drug-likeness (QED) is 0.622. The van der Waals surface area contributed by atoms with Crippen LogP contribution in [0.5, 0.6) is 0 Å². The van der Waals surface area contributed by atoms with Crippen molar-refractivity contribution in [3.05, 3.63) is 35.9 Å². The predicted molar refractivity (Wildman–Crippen MR) is 121 cm³/mol. The van der Waals surface area contributed by atoms with Crippen molar-refractivity contribution in [1.82, 2.24) is 14.7 Å². The van der Waals surface area contributed by atoms with Gasteiger partial charge in [-0.05, 0) is 32.8 Å². The molecule has 188 valence electrons. The van der Waals surface area contributed by atoms with Gasteiger partial charge in [0.25, 0.3) is 10.1 Å². The van der Waals surface area contributed by atoms with E-state index in [1.54, 1.807) is 45.0 Å². The Kier molecular flexibility index (Phi) is 7.71. The minimum absolute atomic E-state index is 0.0395. The molecule has 11 nitrogen and oxygen atoms in total. The topological polar surface area (TPSA) is 134 Å². The number of benzene rings is 1. The number of rotatable bonds is 4. The van der Waals surface area contributed by atoms with Crippen LogP contribution < -0.4 is 0 Å². The number of likely N-dealkylation sites (tertiary alicyclic amines) is 1. The third kappa shape index (κ3) is 6.60. The van der Waals surface area contributed by atoms with E-state index in [1.165, 1.54) is 9.80 Å². The maximum absolute atomic E-state index is 13.2. The molecule has 1 aromatic carbocycles. The maximum atomic E-state index is 13.2. The number of ether oxygens (including phenoxy) is 2. The van der Waals surface area contributed by atoms with E-state index in [9.17, 15) is 27.4 Å². The van der Waals surface area contributed by atoms with Gasteiger partial charge in [-0.1, -0.05) is 30.3 Å². The molecule has 1 N–H and O–H groups in total. The first-order valence-electron chi connectivity index (χ1n) is 11.1. The Hall–Kier alpha value is -2.86. The van der Waals surface area contributed by atoms with E-state index in [4.69, 9.17) is 9.47 Å². The van der Waals surface area contributed by atoms with E-state index >= 15 is 0 Å². The molecule has 2 aliphatic rings. The maximum Gasteiger partial charge on any atom is 0.410 e. The molecule has 1 aromatic rings. The molecule has 0 radical (unpaired) electrons. The highest BCUT2D eigenvalue weighted by molar-refractivity contribution is 7.86. The molecule has 0 unspecified atom stereocenters. The van der Waals surface area contributed by atoms with Gasteiger partial charge in [-0.15, -0.1) is 0 Å². The number of nitrogens with zero attached hydrogens (tertiary/aromatic N) is 3. The Balaban J connectivity index is 1.65. The van der Waals surface area contributed by atoms with Crippen LogP contribution in [0.15, 0.2) is 30.3 Å². The lowest BCUT2D eigenvalue weighted by atomic mass is 10.1. The van der Waals surface area contributed by atoms with E-state index < -0.39 is 45.1 Å². The zero-order valence-electron chi connectivity index (χ0n) is 19.5. The molecular formula is C22H31N3O8S. The zero-order valence-corrected chi connectivity index (χ0v) is 20.4. The highest BCUT2D eigenvalue weighted by atomic mass is 32.2. The van der Waals surface area contributed by atoms with Crippen molar-refractivity contribution in [3.63, 3.8) is 0 Å². The fraction of sp³-hybridized carbons (Fsp3) is 0.591. The van der Waals surface area contributed by atoms with Gasteiger partial charge in [-0.2, -0.15) is 8.42 Å². The second-order valence-electron chi connectivity index (χ2n) is 9.37. The second-order valence-corrected chi connectivity index (χ2v) is 11.1. The summed E-state index contributed by atoms with van der Waals surface area (Å²) >= 11 is 0. The van der Waals surface area contributed by atoms with Crippen LogP contribution in [0.4, 0.5) is 9.59 Å². The van der Waals surface area contributed by atoms with Crippen molar-refractivity contribution in [1.29, 1.82) is 0 Å². The average Bonchev–Trinajstić information content (AvgIpc) is 3.23. The van der Waals surface area contributed by atoms with Crippen LogP contribution >= 0.6 is 0 Å². The van der Waals surface area contributed by atoms with Crippen LogP contribution in [0.1, 0.15) is 32.8 Å². The summed E-state index contributed by atoms with van der Waals surface area (Å²) in [6, 6.07) is 7.84. The molecule has 0 bridgehead atoms. The first-order chi connectivity index (χ1) is 15.8. The molecule has 0 aromatic heterocycles. The van der Waals surface area contributed by atoms with Crippen LogP contribution in [0.3, 0.4) is 0 Å². The zero-order chi connectivity index (χ0) is 25.1. The summed E-state index contributed by atoms with van der Waals surface area (Å²) in [5.41, 5.74) is 0.0989. The van der Waals surface area contributed by atoms with E-state index in [-0.39, 0.29) is 45.8 Å². The van der Waals surface area contributed by atoms with Gasteiger partial charge in [0.05, 0.1) is 0 Å². The van der Waals surface area contributed by atoms with Gasteiger partial charge in [0.1, 0.15) is 23.5 Å². The fourth-order valence-electron chi connectivity index (χ4n) is 3.90. The Labute approximate surface area is 199 Å². The summed E-state index contributed by atoms with van der Waals surface area (Å²) in [5.74, 6) is -0.452. The van der Waals surface area contributed by atoms with E-state index in [2.05, 4.69) is 0 Å². The summed E-state index contributed by atoms with van der Waals surface area (Å²) in [5, 5.41) is -1.28. The lowest BCUT2D eigenvalue weighted by Gasteiger charge is -2.37. The Morgan fingerprint density at radius 3 is 2.15 bits per heavy atom. The molecule has 3 rings (SSSR count). The van der Waals surface area contributed by atoms with Crippen LogP contribution in [0.2, 0.25) is 0 Å².